The molecule has 1 aliphatic rings. The third kappa shape index (κ3) is 8.72. The minimum atomic E-state index is 0.287. The van der Waals surface area contributed by atoms with Gasteiger partial charge in [-0.2, -0.15) is 0 Å². The Bertz CT molecular complexity index is 2920. The van der Waals surface area contributed by atoms with Gasteiger partial charge in [0.05, 0.1) is 0 Å². The summed E-state index contributed by atoms with van der Waals surface area (Å²) in [6.07, 6.45) is 14.6. The number of amidine groups is 1. The molecule has 0 saturated carbocycles. The molecule has 0 radical (unpaired) electrons. The van der Waals surface area contributed by atoms with E-state index in [1.807, 2.05) is 37.3 Å². The highest BCUT2D eigenvalue weighted by atomic mass is 15.0. The molecule has 2 aromatic heterocycles. The Labute approximate surface area is 356 Å². The molecular formula is C54H41N7. The van der Waals surface area contributed by atoms with Crippen molar-refractivity contribution in [2.75, 3.05) is 0 Å². The predicted octanol–water partition coefficient (Wildman–Crippen LogP) is 12.8. The van der Waals surface area contributed by atoms with Gasteiger partial charge >= 0.3 is 0 Å². The van der Waals surface area contributed by atoms with Gasteiger partial charge in [0.15, 0.2) is 29.1 Å². The van der Waals surface area contributed by atoms with Crippen LogP contribution in [-0.2, 0) is 0 Å². The number of allylic oxidation sites excluding steroid dienone is 5. The van der Waals surface area contributed by atoms with Crippen molar-refractivity contribution in [2.24, 2.45) is 9.98 Å². The van der Waals surface area contributed by atoms with E-state index < -0.39 is 0 Å². The highest BCUT2D eigenvalue weighted by Gasteiger charge is 2.18. The fourth-order valence-electron chi connectivity index (χ4n) is 7.45. The second kappa shape index (κ2) is 17.9. The zero-order valence-corrected chi connectivity index (χ0v) is 33.7. The van der Waals surface area contributed by atoms with Crippen molar-refractivity contribution in [3.8, 4) is 67.5 Å². The predicted molar refractivity (Wildman–Crippen MR) is 250 cm³/mol. The van der Waals surface area contributed by atoms with Gasteiger partial charge in [0, 0.05) is 52.3 Å². The normalized spacial score (nSPS) is 13.9. The van der Waals surface area contributed by atoms with Crippen molar-refractivity contribution in [1.82, 2.24) is 24.9 Å². The van der Waals surface area contributed by atoms with Crippen LogP contribution in [0.4, 0.5) is 0 Å². The molecule has 7 heteroatoms. The summed E-state index contributed by atoms with van der Waals surface area (Å²) in [5, 5.41) is 0. The Kier molecular flexibility index (Phi) is 11.3. The van der Waals surface area contributed by atoms with E-state index in [4.69, 9.17) is 15.0 Å². The van der Waals surface area contributed by atoms with Crippen LogP contribution < -0.4 is 0 Å². The van der Waals surface area contributed by atoms with Gasteiger partial charge in [-0.25, -0.2) is 34.9 Å². The molecule has 292 valence electrons. The molecule has 0 fully saturated rings. The van der Waals surface area contributed by atoms with Gasteiger partial charge in [-0.1, -0.05) is 158 Å². The highest BCUT2D eigenvalue weighted by molar-refractivity contribution is 6.02. The number of benzene rings is 6. The molecule has 9 rings (SSSR count). The number of aromatic nitrogens is 5. The van der Waals surface area contributed by atoms with E-state index >= 15 is 0 Å². The maximum atomic E-state index is 5.22. The van der Waals surface area contributed by atoms with E-state index in [0.717, 1.165) is 67.6 Å². The number of nitrogens with zero attached hydrogens (tertiary/aromatic N) is 7. The Balaban J connectivity index is 1.16. The zero-order valence-electron chi connectivity index (χ0n) is 33.7. The summed E-state index contributed by atoms with van der Waals surface area (Å²) in [7, 11) is 0. The van der Waals surface area contributed by atoms with Gasteiger partial charge in [-0.3, -0.25) is 0 Å². The van der Waals surface area contributed by atoms with Crippen LogP contribution in [0, 0.1) is 0 Å². The van der Waals surface area contributed by atoms with Crippen molar-refractivity contribution in [2.45, 2.75) is 19.3 Å². The second-order valence-electron chi connectivity index (χ2n) is 14.6. The molecule has 0 saturated heterocycles. The van der Waals surface area contributed by atoms with Crippen LogP contribution in [0.3, 0.4) is 0 Å². The molecule has 7 nitrogen and oxygen atoms in total. The average molecular weight is 788 g/mol. The topological polar surface area (TPSA) is 89.2 Å². The highest BCUT2D eigenvalue weighted by Crippen LogP contribution is 2.36. The van der Waals surface area contributed by atoms with Crippen molar-refractivity contribution in [1.29, 1.82) is 0 Å². The lowest BCUT2D eigenvalue weighted by atomic mass is 9.90. The SMILES string of the molecule is C=N/C(=N\C=C/C)c1ccc(-c2cc(-c3ccc(-c4ncccn4)cc3)cc(-c3nc(C4=CCC(c5ccccc5)C=C4)nc(-c4ccc(-c5ccccc5)cc4)n3)c2)cc1. The lowest BCUT2D eigenvalue weighted by Gasteiger charge is -2.17. The molecule has 1 unspecified atom stereocenters. The summed E-state index contributed by atoms with van der Waals surface area (Å²) in [6.45, 7) is 5.66. The van der Waals surface area contributed by atoms with E-state index in [-0.39, 0.29) is 5.92 Å². The van der Waals surface area contributed by atoms with E-state index in [9.17, 15) is 0 Å². The number of hydrogen-bond donors (Lipinski definition) is 0. The minimum absolute atomic E-state index is 0.287. The smallest absolute Gasteiger partial charge is 0.164 e. The van der Waals surface area contributed by atoms with E-state index in [0.29, 0.717) is 29.1 Å². The molecular weight excluding hydrogens is 747 g/mol. The van der Waals surface area contributed by atoms with E-state index in [2.05, 4.69) is 178 Å². The van der Waals surface area contributed by atoms with Crippen LogP contribution in [0.2, 0.25) is 0 Å². The van der Waals surface area contributed by atoms with Crippen LogP contribution in [0.25, 0.3) is 73.1 Å². The maximum absolute atomic E-state index is 5.22. The quantitative estimate of drug-likeness (QED) is 0.102. The molecule has 8 aromatic rings. The van der Waals surface area contributed by atoms with Gasteiger partial charge in [0.25, 0.3) is 0 Å². The first kappa shape index (κ1) is 38.5. The first-order valence-electron chi connectivity index (χ1n) is 20.3. The maximum Gasteiger partial charge on any atom is 0.164 e. The number of aliphatic imine (C=N–C) groups is 2. The second-order valence-corrected chi connectivity index (χ2v) is 14.6. The molecule has 0 amide bonds. The van der Waals surface area contributed by atoms with E-state index in [1.54, 1.807) is 18.6 Å². The summed E-state index contributed by atoms with van der Waals surface area (Å²) >= 11 is 0. The van der Waals surface area contributed by atoms with E-state index in [1.165, 1.54) is 5.56 Å². The summed E-state index contributed by atoms with van der Waals surface area (Å²) in [6, 6.07) is 54.3. The molecule has 0 spiro atoms. The first-order valence-corrected chi connectivity index (χ1v) is 20.3. The molecule has 61 heavy (non-hydrogen) atoms. The van der Waals surface area contributed by atoms with Crippen LogP contribution in [0.5, 0.6) is 0 Å². The Morgan fingerprint density at radius 1 is 0.541 bits per heavy atom. The monoisotopic (exact) mass is 787 g/mol. The van der Waals surface area contributed by atoms with Crippen LogP contribution >= 0.6 is 0 Å². The van der Waals surface area contributed by atoms with Crippen molar-refractivity contribution >= 4 is 18.1 Å². The molecule has 1 atom stereocenters. The summed E-state index contributed by atoms with van der Waals surface area (Å²) in [5.41, 5.74) is 12.2. The number of hydrogen-bond acceptors (Lipinski definition) is 6. The largest absolute Gasteiger partial charge is 0.245 e. The van der Waals surface area contributed by atoms with Crippen LogP contribution in [0.15, 0.2) is 211 Å². The molecule has 6 aromatic carbocycles. The number of rotatable bonds is 10. The van der Waals surface area contributed by atoms with Gasteiger partial charge in [0.1, 0.15) is 0 Å². The standard InChI is InChI=1S/C54H41N7/c1-3-31-56-50(55-2)43-23-19-41(20-24-43)47-34-48(42-21-25-44(26-22-42)51-57-32-10-33-58-51)36-49(35-47)54-60-52(45-27-15-39(16-28-45)37-11-6-4-7-12-37)59-53(61-54)46-29-17-40(18-30-46)38-13-8-5-9-14-38/h3-17,19-36,40H,2,18H2,1H3/b31-3-,56-50-. The van der Waals surface area contributed by atoms with Gasteiger partial charge in [-0.15, -0.1) is 0 Å². The van der Waals surface area contributed by atoms with Gasteiger partial charge in [-0.05, 0) is 83.3 Å². The Morgan fingerprint density at radius 2 is 1.05 bits per heavy atom. The fraction of sp³-hybridized carbons (Fsp3) is 0.0556. The summed E-state index contributed by atoms with van der Waals surface area (Å²) in [4.78, 5) is 33.1. The molecule has 0 N–H and O–H groups in total. The van der Waals surface area contributed by atoms with Crippen molar-refractivity contribution in [3.63, 3.8) is 0 Å². The molecule has 2 heterocycles. The molecule has 0 bridgehead atoms. The minimum Gasteiger partial charge on any atom is -0.245 e. The summed E-state index contributed by atoms with van der Waals surface area (Å²) in [5.74, 6) is 3.34. The molecule has 1 aliphatic carbocycles. The zero-order chi connectivity index (χ0) is 41.4. The van der Waals surface area contributed by atoms with Crippen LogP contribution in [0.1, 0.15) is 36.2 Å². The third-order valence-electron chi connectivity index (χ3n) is 10.7. The lowest BCUT2D eigenvalue weighted by molar-refractivity contribution is 0.854. The lowest BCUT2D eigenvalue weighted by Crippen LogP contribution is -2.05. The Hall–Kier alpha value is -8.03. The molecule has 0 aliphatic heterocycles. The van der Waals surface area contributed by atoms with Crippen LogP contribution in [-0.4, -0.2) is 37.5 Å². The van der Waals surface area contributed by atoms with Crippen molar-refractivity contribution in [3.05, 3.63) is 218 Å². The average Bonchev–Trinajstić information content (AvgIpc) is 3.35. The summed E-state index contributed by atoms with van der Waals surface area (Å²) < 4.78 is 0. The third-order valence-corrected chi connectivity index (χ3v) is 10.7. The fourth-order valence-corrected chi connectivity index (χ4v) is 7.45. The first-order chi connectivity index (χ1) is 30.1. The van der Waals surface area contributed by atoms with Gasteiger partial charge in [0.2, 0.25) is 0 Å². The Morgan fingerprint density at radius 3 is 1.64 bits per heavy atom. The van der Waals surface area contributed by atoms with Crippen molar-refractivity contribution < 1.29 is 0 Å². The van der Waals surface area contributed by atoms with Gasteiger partial charge < -0.3 is 0 Å².